The van der Waals surface area contributed by atoms with Gasteiger partial charge in [0.2, 0.25) is 11.9 Å². The minimum absolute atomic E-state index is 0.409. The van der Waals surface area contributed by atoms with Crippen molar-refractivity contribution < 1.29 is 4.74 Å². The predicted molar refractivity (Wildman–Crippen MR) is 79.5 cm³/mol. The number of hydrogen-bond acceptors (Lipinski definition) is 7. The van der Waals surface area contributed by atoms with Crippen molar-refractivity contribution >= 4 is 11.9 Å². The highest BCUT2D eigenvalue weighted by Gasteiger charge is 2.18. The van der Waals surface area contributed by atoms with Gasteiger partial charge in [-0.3, -0.25) is 0 Å². The van der Waals surface area contributed by atoms with Gasteiger partial charge in [-0.2, -0.15) is 15.0 Å². The highest BCUT2D eigenvalue weighted by atomic mass is 16.5. The maximum Gasteiger partial charge on any atom is 0.323 e. The van der Waals surface area contributed by atoms with Crippen molar-refractivity contribution in [3.8, 4) is 6.01 Å². The van der Waals surface area contributed by atoms with Crippen LogP contribution in [0, 0.1) is 0 Å². The van der Waals surface area contributed by atoms with Gasteiger partial charge in [0.15, 0.2) is 0 Å². The maximum absolute atomic E-state index is 5.56. The summed E-state index contributed by atoms with van der Waals surface area (Å²) in [5, 5.41) is 3.13. The minimum atomic E-state index is 0.409. The zero-order chi connectivity index (χ0) is 14.4. The quantitative estimate of drug-likeness (QED) is 0.828. The molecule has 1 saturated heterocycles. The van der Waals surface area contributed by atoms with Crippen molar-refractivity contribution in [3.05, 3.63) is 0 Å². The molecule has 2 rings (SSSR count). The van der Waals surface area contributed by atoms with E-state index in [9.17, 15) is 0 Å². The van der Waals surface area contributed by atoms with Crippen LogP contribution in [0.25, 0.3) is 0 Å². The average molecular weight is 280 g/mol. The van der Waals surface area contributed by atoms with Gasteiger partial charge < -0.3 is 19.9 Å². The minimum Gasteiger partial charge on any atom is -0.463 e. The Balaban J connectivity index is 2.15. The Morgan fingerprint density at radius 2 is 1.85 bits per heavy atom. The van der Waals surface area contributed by atoms with Crippen molar-refractivity contribution in [2.75, 3.05) is 56.6 Å². The van der Waals surface area contributed by atoms with Crippen LogP contribution < -0.4 is 15.0 Å². The summed E-state index contributed by atoms with van der Waals surface area (Å²) in [6, 6.07) is 0.409. The van der Waals surface area contributed by atoms with Crippen LogP contribution in [-0.4, -0.2) is 66.2 Å². The first-order valence-electron chi connectivity index (χ1n) is 7.29. The van der Waals surface area contributed by atoms with E-state index in [0.717, 1.165) is 39.1 Å². The Morgan fingerprint density at radius 1 is 1.10 bits per heavy atom. The van der Waals surface area contributed by atoms with Gasteiger partial charge in [-0.25, -0.2) is 0 Å². The number of likely N-dealkylation sites (N-methyl/N-ethyl adjacent to an activating group) is 1. The molecule has 112 valence electrons. The molecule has 0 aliphatic carbocycles. The summed E-state index contributed by atoms with van der Waals surface area (Å²) >= 11 is 0. The third-order valence-electron chi connectivity index (χ3n) is 3.16. The van der Waals surface area contributed by atoms with Gasteiger partial charge in [0.05, 0.1) is 6.61 Å². The number of aromatic nitrogens is 3. The molecule has 2 heterocycles. The summed E-state index contributed by atoms with van der Waals surface area (Å²) in [6.07, 6.45) is 0.937. The van der Waals surface area contributed by atoms with Gasteiger partial charge >= 0.3 is 6.01 Å². The molecule has 20 heavy (non-hydrogen) atoms. The second-order valence-corrected chi connectivity index (χ2v) is 4.91. The number of rotatable bonds is 6. The van der Waals surface area contributed by atoms with Crippen LogP contribution in [0.5, 0.6) is 6.01 Å². The normalized spacial score (nSPS) is 16.2. The summed E-state index contributed by atoms with van der Waals surface area (Å²) < 4.78 is 5.56. The topological polar surface area (TPSA) is 66.4 Å². The molecule has 0 bridgehead atoms. The summed E-state index contributed by atoms with van der Waals surface area (Å²) in [5.41, 5.74) is 0. The van der Waals surface area contributed by atoms with Crippen LogP contribution in [0.2, 0.25) is 0 Å². The van der Waals surface area contributed by atoms with Crippen LogP contribution in [0.3, 0.4) is 0 Å². The predicted octanol–water partition coefficient (Wildman–Crippen LogP) is 0.844. The van der Waals surface area contributed by atoms with Crippen LogP contribution in [0.4, 0.5) is 11.9 Å². The molecule has 0 amide bonds. The SMILES string of the molecule is CCCOc1nc(NCC)nc(N2CCN(C)CC2)n1. The molecule has 7 nitrogen and oxygen atoms in total. The van der Waals surface area contributed by atoms with Crippen molar-refractivity contribution in [3.63, 3.8) is 0 Å². The van der Waals surface area contributed by atoms with Gasteiger partial charge in [0.25, 0.3) is 0 Å². The van der Waals surface area contributed by atoms with Crippen LogP contribution >= 0.6 is 0 Å². The van der Waals surface area contributed by atoms with E-state index in [4.69, 9.17) is 4.74 Å². The van der Waals surface area contributed by atoms with Gasteiger partial charge in [0.1, 0.15) is 0 Å². The van der Waals surface area contributed by atoms with E-state index in [1.165, 1.54) is 0 Å². The van der Waals surface area contributed by atoms with Gasteiger partial charge in [0, 0.05) is 32.7 Å². The van der Waals surface area contributed by atoms with Crippen LogP contribution in [0.1, 0.15) is 20.3 Å². The molecule has 0 aromatic carbocycles. The first-order chi connectivity index (χ1) is 9.72. The molecule has 0 saturated carbocycles. The maximum atomic E-state index is 5.56. The van der Waals surface area contributed by atoms with E-state index in [1.807, 2.05) is 6.92 Å². The van der Waals surface area contributed by atoms with Crippen molar-refractivity contribution in [1.29, 1.82) is 0 Å². The second kappa shape index (κ2) is 7.23. The van der Waals surface area contributed by atoms with Gasteiger partial charge in [-0.1, -0.05) is 6.92 Å². The molecule has 0 atom stereocenters. The van der Waals surface area contributed by atoms with Gasteiger partial charge in [-0.05, 0) is 20.4 Å². The lowest BCUT2D eigenvalue weighted by Crippen LogP contribution is -2.45. The number of anilines is 2. The Bertz CT molecular complexity index is 419. The molecule has 0 unspecified atom stereocenters. The number of ether oxygens (including phenoxy) is 1. The first kappa shape index (κ1) is 14.8. The lowest BCUT2D eigenvalue weighted by Gasteiger charge is -2.32. The first-order valence-corrected chi connectivity index (χ1v) is 7.29. The van der Waals surface area contributed by atoms with Gasteiger partial charge in [-0.15, -0.1) is 0 Å². The van der Waals surface area contributed by atoms with E-state index in [0.29, 0.717) is 24.5 Å². The zero-order valence-electron chi connectivity index (χ0n) is 12.6. The molecule has 0 radical (unpaired) electrons. The monoisotopic (exact) mass is 280 g/mol. The molecule has 1 aromatic rings. The standard InChI is InChI=1S/C13H24N6O/c1-4-10-20-13-16-11(14-5-2)15-12(17-13)19-8-6-18(3)7-9-19/h4-10H2,1-3H3,(H,14,15,16,17). The second-order valence-electron chi connectivity index (χ2n) is 4.91. The van der Waals surface area contributed by atoms with Crippen LogP contribution in [0.15, 0.2) is 0 Å². The van der Waals surface area contributed by atoms with E-state index in [-0.39, 0.29) is 0 Å². The Hall–Kier alpha value is -1.63. The lowest BCUT2D eigenvalue weighted by atomic mass is 10.3. The molecule has 7 heteroatoms. The average Bonchev–Trinajstić information content (AvgIpc) is 2.46. The molecular formula is C13H24N6O. The van der Waals surface area contributed by atoms with E-state index >= 15 is 0 Å². The largest absolute Gasteiger partial charge is 0.463 e. The summed E-state index contributed by atoms with van der Waals surface area (Å²) in [7, 11) is 2.13. The van der Waals surface area contributed by atoms with E-state index in [2.05, 4.69) is 44.0 Å². The molecule has 0 spiro atoms. The zero-order valence-corrected chi connectivity index (χ0v) is 12.6. The Labute approximate surface area is 120 Å². The third-order valence-corrected chi connectivity index (χ3v) is 3.16. The molecule has 1 aromatic heterocycles. The highest BCUT2D eigenvalue weighted by molar-refractivity contribution is 5.38. The summed E-state index contributed by atoms with van der Waals surface area (Å²) in [5.74, 6) is 1.29. The van der Waals surface area contributed by atoms with E-state index < -0.39 is 0 Å². The summed E-state index contributed by atoms with van der Waals surface area (Å²) in [4.78, 5) is 17.7. The molecule has 1 aliphatic heterocycles. The summed E-state index contributed by atoms with van der Waals surface area (Å²) in [6.45, 7) is 9.39. The fourth-order valence-corrected chi connectivity index (χ4v) is 1.99. The van der Waals surface area contributed by atoms with E-state index in [1.54, 1.807) is 0 Å². The highest BCUT2D eigenvalue weighted by Crippen LogP contribution is 2.16. The number of nitrogens with one attached hydrogen (secondary N) is 1. The van der Waals surface area contributed by atoms with Crippen LogP contribution in [-0.2, 0) is 0 Å². The lowest BCUT2D eigenvalue weighted by molar-refractivity contribution is 0.289. The fraction of sp³-hybridized carbons (Fsp3) is 0.769. The fourth-order valence-electron chi connectivity index (χ4n) is 1.99. The molecular weight excluding hydrogens is 256 g/mol. The number of piperazine rings is 1. The number of nitrogens with zero attached hydrogens (tertiary/aromatic N) is 5. The molecule has 1 aliphatic rings. The molecule has 1 fully saturated rings. The smallest absolute Gasteiger partial charge is 0.323 e. The number of hydrogen-bond donors (Lipinski definition) is 1. The van der Waals surface area contributed by atoms with Crippen molar-refractivity contribution in [2.24, 2.45) is 0 Å². The van der Waals surface area contributed by atoms with Crippen molar-refractivity contribution in [1.82, 2.24) is 19.9 Å². The van der Waals surface area contributed by atoms with Crippen molar-refractivity contribution in [2.45, 2.75) is 20.3 Å². The Morgan fingerprint density at radius 3 is 2.50 bits per heavy atom. The molecule has 1 N–H and O–H groups in total. The Kier molecular flexibility index (Phi) is 5.34. The third kappa shape index (κ3) is 3.93.